The summed E-state index contributed by atoms with van der Waals surface area (Å²) in [4.78, 5) is 12.7. The van der Waals surface area contributed by atoms with Crippen molar-refractivity contribution >= 4 is 5.69 Å². The van der Waals surface area contributed by atoms with E-state index in [1.54, 1.807) is 19.2 Å². The van der Waals surface area contributed by atoms with E-state index in [4.69, 9.17) is 4.74 Å². The lowest BCUT2D eigenvalue weighted by Crippen LogP contribution is -2.32. The van der Waals surface area contributed by atoms with Gasteiger partial charge in [0, 0.05) is 31.8 Å². The lowest BCUT2D eigenvalue weighted by atomic mass is 9.99. The Bertz CT molecular complexity index is 698. The van der Waals surface area contributed by atoms with Crippen molar-refractivity contribution in [3.05, 3.63) is 69.3 Å². The number of nitro groups is 1. The number of fused-ring (bicyclic) bond motifs is 1. The Morgan fingerprint density at radius 2 is 1.96 bits per heavy atom. The van der Waals surface area contributed by atoms with E-state index in [1.807, 2.05) is 18.2 Å². The molecule has 2 aromatic carbocycles. The number of benzene rings is 2. The zero-order valence-corrected chi connectivity index (χ0v) is 13.2. The highest BCUT2D eigenvalue weighted by molar-refractivity contribution is 5.37. The molecule has 0 aliphatic carbocycles. The smallest absolute Gasteiger partial charge is 0.269 e. The lowest BCUT2D eigenvalue weighted by Gasteiger charge is -2.29. The predicted molar refractivity (Wildman–Crippen MR) is 88.8 cm³/mol. The number of methoxy groups -OCH3 is 1. The number of non-ortho nitro benzene ring substituents is 1. The molecule has 120 valence electrons. The molecule has 1 aliphatic rings. The standard InChI is InChI=1S/C18H20N2O3/c1-23-18-7-4-15-9-11-19(13-16(15)12-18)10-8-14-2-5-17(6-3-14)20(21)22/h2-7,12H,8-11,13H2,1H3. The van der Waals surface area contributed by atoms with E-state index in [2.05, 4.69) is 17.0 Å². The topological polar surface area (TPSA) is 55.6 Å². The van der Waals surface area contributed by atoms with Crippen LogP contribution in [0.5, 0.6) is 5.75 Å². The second-order valence-corrected chi connectivity index (χ2v) is 5.83. The summed E-state index contributed by atoms with van der Waals surface area (Å²) in [6.07, 6.45) is 1.96. The molecule has 0 unspecified atom stereocenters. The van der Waals surface area contributed by atoms with Crippen molar-refractivity contribution in [2.24, 2.45) is 0 Å². The van der Waals surface area contributed by atoms with Crippen molar-refractivity contribution < 1.29 is 9.66 Å². The molecule has 0 fully saturated rings. The van der Waals surface area contributed by atoms with E-state index in [0.717, 1.165) is 43.8 Å². The maximum absolute atomic E-state index is 10.7. The molecule has 0 saturated heterocycles. The summed E-state index contributed by atoms with van der Waals surface area (Å²) >= 11 is 0. The maximum Gasteiger partial charge on any atom is 0.269 e. The molecule has 1 heterocycles. The van der Waals surface area contributed by atoms with E-state index in [1.165, 1.54) is 11.1 Å². The zero-order chi connectivity index (χ0) is 16.2. The average molecular weight is 312 g/mol. The van der Waals surface area contributed by atoms with Gasteiger partial charge in [0.1, 0.15) is 5.75 Å². The van der Waals surface area contributed by atoms with Crippen LogP contribution in [0.15, 0.2) is 42.5 Å². The molecule has 2 aromatic rings. The molecule has 0 radical (unpaired) electrons. The molecule has 0 N–H and O–H groups in total. The third kappa shape index (κ3) is 3.68. The number of hydrogen-bond donors (Lipinski definition) is 0. The molecule has 0 spiro atoms. The third-order valence-corrected chi connectivity index (χ3v) is 4.37. The van der Waals surface area contributed by atoms with Crippen molar-refractivity contribution in [1.82, 2.24) is 4.90 Å². The second kappa shape index (κ2) is 6.79. The molecule has 1 aliphatic heterocycles. The Labute approximate surface area is 135 Å². The van der Waals surface area contributed by atoms with Gasteiger partial charge in [-0.25, -0.2) is 0 Å². The minimum absolute atomic E-state index is 0.146. The second-order valence-electron chi connectivity index (χ2n) is 5.83. The predicted octanol–water partition coefficient (Wildman–Crippen LogP) is 3.20. The molecule has 0 saturated carbocycles. The van der Waals surface area contributed by atoms with Gasteiger partial charge in [0.05, 0.1) is 12.0 Å². The fraction of sp³-hybridized carbons (Fsp3) is 0.333. The minimum Gasteiger partial charge on any atom is -0.497 e. The lowest BCUT2D eigenvalue weighted by molar-refractivity contribution is -0.384. The first-order chi connectivity index (χ1) is 11.2. The van der Waals surface area contributed by atoms with Gasteiger partial charge in [0.2, 0.25) is 0 Å². The fourth-order valence-electron chi connectivity index (χ4n) is 2.98. The Kier molecular flexibility index (Phi) is 4.57. The van der Waals surface area contributed by atoms with Crippen LogP contribution in [0.4, 0.5) is 5.69 Å². The maximum atomic E-state index is 10.7. The monoisotopic (exact) mass is 312 g/mol. The zero-order valence-electron chi connectivity index (χ0n) is 13.2. The first-order valence-electron chi connectivity index (χ1n) is 7.77. The fourth-order valence-corrected chi connectivity index (χ4v) is 2.98. The van der Waals surface area contributed by atoms with Crippen LogP contribution in [0.3, 0.4) is 0 Å². The number of nitro benzene ring substituents is 1. The van der Waals surface area contributed by atoms with Gasteiger partial charge in [0.15, 0.2) is 0 Å². The molecule has 0 aromatic heterocycles. The molecule has 0 bridgehead atoms. The summed E-state index contributed by atoms with van der Waals surface area (Å²) in [6.45, 7) is 2.93. The summed E-state index contributed by atoms with van der Waals surface area (Å²) in [7, 11) is 1.69. The largest absolute Gasteiger partial charge is 0.497 e. The number of ether oxygens (including phenoxy) is 1. The Morgan fingerprint density at radius 3 is 2.65 bits per heavy atom. The van der Waals surface area contributed by atoms with Crippen LogP contribution in [-0.2, 0) is 19.4 Å². The van der Waals surface area contributed by atoms with Gasteiger partial charge >= 0.3 is 0 Å². The van der Waals surface area contributed by atoms with Crippen LogP contribution in [0, 0.1) is 10.1 Å². The van der Waals surface area contributed by atoms with Gasteiger partial charge < -0.3 is 4.74 Å². The molecule has 3 rings (SSSR count). The van der Waals surface area contributed by atoms with E-state index in [0.29, 0.717) is 0 Å². The van der Waals surface area contributed by atoms with Crippen LogP contribution in [0.25, 0.3) is 0 Å². The van der Waals surface area contributed by atoms with Crippen molar-refractivity contribution in [2.75, 3.05) is 20.2 Å². The normalized spacial score (nSPS) is 14.3. The molecule has 5 nitrogen and oxygen atoms in total. The number of hydrogen-bond acceptors (Lipinski definition) is 4. The van der Waals surface area contributed by atoms with Gasteiger partial charge in [-0.15, -0.1) is 0 Å². The summed E-state index contributed by atoms with van der Waals surface area (Å²) in [5.74, 6) is 0.904. The first kappa shape index (κ1) is 15.5. The van der Waals surface area contributed by atoms with Crippen molar-refractivity contribution in [3.63, 3.8) is 0 Å². The van der Waals surface area contributed by atoms with Crippen LogP contribution in [0.1, 0.15) is 16.7 Å². The molecule has 23 heavy (non-hydrogen) atoms. The third-order valence-electron chi connectivity index (χ3n) is 4.37. The van der Waals surface area contributed by atoms with E-state index < -0.39 is 0 Å². The molecule has 5 heteroatoms. The number of rotatable bonds is 5. The summed E-state index contributed by atoms with van der Waals surface area (Å²) < 4.78 is 5.30. The van der Waals surface area contributed by atoms with Crippen LogP contribution >= 0.6 is 0 Å². The minimum atomic E-state index is -0.362. The summed E-state index contributed by atoms with van der Waals surface area (Å²) in [6, 6.07) is 13.1. The highest BCUT2D eigenvalue weighted by Gasteiger charge is 2.16. The van der Waals surface area contributed by atoms with Gasteiger partial charge in [-0.1, -0.05) is 18.2 Å². The SMILES string of the molecule is COc1ccc2c(c1)CN(CCc1ccc([N+](=O)[O-])cc1)CC2. The van der Waals surface area contributed by atoms with Crippen LogP contribution < -0.4 is 4.74 Å². The quantitative estimate of drug-likeness (QED) is 0.628. The van der Waals surface area contributed by atoms with Crippen molar-refractivity contribution in [3.8, 4) is 5.75 Å². The van der Waals surface area contributed by atoms with Crippen LogP contribution in [-0.4, -0.2) is 30.0 Å². The van der Waals surface area contributed by atoms with Crippen LogP contribution in [0.2, 0.25) is 0 Å². The van der Waals surface area contributed by atoms with Crippen molar-refractivity contribution in [1.29, 1.82) is 0 Å². The first-order valence-corrected chi connectivity index (χ1v) is 7.77. The number of nitrogens with zero attached hydrogens (tertiary/aromatic N) is 2. The Hall–Kier alpha value is -2.40. The Balaban J connectivity index is 1.60. The Morgan fingerprint density at radius 1 is 1.17 bits per heavy atom. The van der Waals surface area contributed by atoms with E-state index in [-0.39, 0.29) is 10.6 Å². The molecule has 0 atom stereocenters. The van der Waals surface area contributed by atoms with E-state index >= 15 is 0 Å². The molecule has 0 amide bonds. The van der Waals surface area contributed by atoms with Gasteiger partial charge in [-0.2, -0.15) is 0 Å². The van der Waals surface area contributed by atoms with E-state index in [9.17, 15) is 10.1 Å². The van der Waals surface area contributed by atoms with Gasteiger partial charge in [-0.3, -0.25) is 15.0 Å². The van der Waals surface area contributed by atoms with Gasteiger partial charge in [-0.05, 0) is 41.7 Å². The van der Waals surface area contributed by atoms with Gasteiger partial charge in [0.25, 0.3) is 5.69 Å². The average Bonchev–Trinajstić information content (AvgIpc) is 2.59. The summed E-state index contributed by atoms with van der Waals surface area (Å²) in [5, 5.41) is 10.7. The molecular weight excluding hydrogens is 292 g/mol. The highest BCUT2D eigenvalue weighted by Crippen LogP contribution is 2.24. The van der Waals surface area contributed by atoms with Crippen molar-refractivity contribution in [2.45, 2.75) is 19.4 Å². The molecular formula is C18H20N2O3. The highest BCUT2D eigenvalue weighted by atomic mass is 16.6. The summed E-state index contributed by atoms with van der Waals surface area (Å²) in [5.41, 5.74) is 4.01.